The molecule has 0 aliphatic heterocycles. The van der Waals surface area contributed by atoms with E-state index in [9.17, 15) is 13.2 Å². The van der Waals surface area contributed by atoms with Gasteiger partial charge in [0.25, 0.3) is 10.0 Å². The zero-order valence-corrected chi connectivity index (χ0v) is 15.2. The average molecular weight is 363 g/mol. The fourth-order valence-electron chi connectivity index (χ4n) is 2.20. The van der Waals surface area contributed by atoms with Gasteiger partial charge in [-0.05, 0) is 45.0 Å². The highest BCUT2D eigenvalue weighted by molar-refractivity contribution is 7.92. The molecule has 25 heavy (non-hydrogen) atoms. The molecule has 2 aromatic carbocycles. The van der Waals surface area contributed by atoms with Crippen LogP contribution in [0.4, 0.5) is 5.69 Å². The first-order valence-corrected chi connectivity index (χ1v) is 9.39. The Morgan fingerprint density at radius 3 is 2.20 bits per heavy atom. The lowest BCUT2D eigenvalue weighted by molar-refractivity contribution is 0.101. The number of benzene rings is 2. The second kappa shape index (κ2) is 8.02. The molecular weight excluding hydrogens is 342 g/mol. The van der Waals surface area contributed by atoms with Crippen molar-refractivity contribution in [1.29, 1.82) is 0 Å². The third kappa shape index (κ3) is 4.73. The number of nitrogens with one attached hydrogen (secondary N) is 1. The van der Waals surface area contributed by atoms with E-state index >= 15 is 0 Å². The molecular formula is C18H21NO5S. The van der Waals surface area contributed by atoms with Crippen molar-refractivity contribution in [3.8, 4) is 11.5 Å². The number of rotatable bonds is 8. The Balaban J connectivity index is 2.35. The average Bonchev–Trinajstić information content (AvgIpc) is 2.57. The number of Topliss-reactive ketones (excluding diaryl/α,β-unsaturated/α-hetero) is 1. The maximum Gasteiger partial charge on any atom is 0.262 e. The number of sulfonamides is 1. The highest BCUT2D eigenvalue weighted by Gasteiger charge is 2.18. The number of carbonyl (C=O) groups excluding carboxylic acids is 1. The van der Waals surface area contributed by atoms with Crippen LogP contribution in [0.5, 0.6) is 11.5 Å². The number of hydrogen-bond acceptors (Lipinski definition) is 5. The maximum absolute atomic E-state index is 12.6. The van der Waals surface area contributed by atoms with E-state index in [1.54, 1.807) is 18.2 Å². The number of hydrogen-bond donors (Lipinski definition) is 1. The zero-order valence-electron chi connectivity index (χ0n) is 14.4. The summed E-state index contributed by atoms with van der Waals surface area (Å²) >= 11 is 0. The SMILES string of the molecule is CCOc1ccc(OCC)c(NS(=O)(=O)c2ccc(C(C)=O)cc2)c1. The molecule has 0 aromatic heterocycles. The van der Waals surface area contributed by atoms with Gasteiger partial charge in [-0.15, -0.1) is 0 Å². The van der Waals surface area contributed by atoms with Crippen LogP contribution in [0.1, 0.15) is 31.1 Å². The van der Waals surface area contributed by atoms with Crippen molar-refractivity contribution in [3.05, 3.63) is 48.0 Å². The smallest absolute Gasteiger partial charge is 0.262 e. The Hall–Kier alpha value is -2.54. The maximum atomic E-state index is 12.6. The molecule has 134 valence electrons. The van der Waals surface area contributed by atoms with Crippen molar-refractivity contribution in [2.24, 2.45) is 0 Å². The monoisotopic (exact) mass is 363 g/mol. The fraction of sp³-hybridized carbons (Fsp3) is 0.278. The molecule has 1 N–H and O–H groups in total. The molecule has 2 aromatic rings. The molecule has 0 fully saturated rings. The van der Waals surface area contributed by atoms with Crippen LogP contribution in [-0.4, -0.2) is 27.4 Å². The predicted octanol–water partition coefficient (Wildman–Crippen LogP) is 3.49. The molecule has 0 atom stereocenters. The van der Waals surface area contributed by atoms with Gasteiger partial charge in [-0.2, -0.15) is 0 Å². The lowest BCUT2D eigenvalue weighted by Gasteiger charge is -2.14. The Bertz CT molecular complexity index is 844. The van der Waals surface area contributed by atoms with E-state index in [4.69, 9.17) is 9.47 Å². The van der Waals surface area contributed by atoms with Crippen molar-refractivity contribution < 1.29 is 22.7 Å². The Kier molecular flexibility index (Phi) is 6.03. The second-order valence-electron chi connectivity index (χ2n) is 5.21. The molecule has 6 nitrogen and oxygen atoms in total. The van der Waals surface area contributed by atoms with Crippen LogP contribution in [0.15, 0.2) is 47.4 Å². The van der Waals surface area contributed by atoms with Crippen molar-refractivity contribution in [1.82, 2.24) is 0 Å². The van der Waals surface area contributed by atoms with E-state index in [-0.39, 0.29) is 10.7 Å². The van der Waals surface area contributed by atoms with Crippen molar-refractivity contribution >= 4 is 21.5 Å². The normalized spacial score (nSPS) is 11.0. The summed E-state index contributed by atoms with van der Waals surface area (Å²) in [5.74, 6) is 0.824. The van der Waals surface area contributed by atoms with Gasteiger partial charge in [-0.1, -0.05) is 12.1 Å². The topological polar surface area (TPSA) is 81.7 Å². The Morgan fingerprint density at radius 1 is 1.00 bits per heavy atom. The first-order valence-electron chi connectivity index (χ1n) is 7.90. The quantitative estimate of drug-likeness (QED) is 0.726. The van der Waals surface area contributed by atoms with Gasteiger partial charge >= 0.3 is 0 Å². The van der Waals surface area contributed by atoms with E-state index in [2.05, 4.69) is 4.72 Å². The summed E-state index contributed by atoms with van der Waals surface area (Å²) in [5.41, 5.74) is 0.746. The van der Waals surface area contributed by atoms with E-state index in [1.807, 2.05) is 13.8 Å². The molecule has 0 saturated heterocycles. The molecule has 0 unspecified atom stereocenters. The number of ketones is 1. The molecule has 0 radical (unpaired) electrons. The fourth-order valence-corrected chi connectivity index (χ4v) is 3.26. The summed E-state index contributed by atoms with van der Waals surface area (Å²) in [4.78, 5) is 11.4. The summed E-state index contributed by atoms with van der Waals surface area (Å²) in [6.45, 7) is 5.95. The third-order valence-corrected chi connectivity index (χ3v) is 4.76. The van der Waals surface area contributed by atoms with Gasteiger partial charge in [0, 0.05) is 11.6 Å². The van der Waals surface area contributed by atoms with Gasteiger partial charge in [0.2, 0.25) is 0 Å². The van der Waals surface area contributed by atoms with Crippen molar-refractivity contribution in [2.75, 3.05) is 17.9 Å². The van der Waals surface area contributed by atoms with Crippen LogP contribution in [0, 0.1) is 0 Å². The minimum atomic E-state index is -3.83. The lowest BCUT2D eigenvalue weighted by Crippen LogP contribution is -2.14. The van der Waals surface area contributed by atoms with Crippen LogP contribution in [0.2, 0.25) is 0 Å². The van der Waals surface area contributed by atoms with Gasteiger partial charge in [-0.25, -0.2) is 8.42 Å². The van der Waals surface area contributed by atoms with Gasteiger partial charge in [0.05, 0.1) is 23.8 Å². The molecule has 0 amide bonds. The highest BCUT2D eigenvalue weighted by atomic mass is 32.2. The van der Waals surface area contributed by atoms with Crippen LogP contribution in [0.25, 0.3) is 0 Å². The number of carbonyl (C=O) groups is 1. The van der Waals surface area contributed by atoms with Crippen LogP contribution < -0.4 is 14.2 Å². The largest absolute Gasteiger partial charge is 0.494 e. The number of ether oxygens (including phenoxy) is 2. The second-order valence-corrected chi connectivity index (χ2v) is 6.89. The van der Waals surface area contributed by atoms with Crippen LogP contribution in [0.3, 0.4) is 0 Å². The molecule has 0 aliphatic rings. The van der Waals surface area contributed by atoms with E-state index in [0.29, 0.717) is 36.0 Å². The molecule has 0 aliphatic carbocycles. The van der Waals surface area contributed by atoms with Crippen molar-refractivity contribution in [2.45, 2.75) is 25.7 Å². The minimum Gasteiger partial charge on any atom is -0.494 e. The molecule has 2 rings (SSSR count). The third-order valence-electron chi connectivity index (χ3n) is 3.38. The van der Waals surface area contributed by atoms with E-state index < -0.39 is 10.0 Å². The Morgan fingerprint density at radius 2 is 1.64 bits per heavy atom. The van der Waals surface area contributed by atoms with E-state index in [1.165, 1.54) is 31.2 Å². The van der Waals surface area contributed by atoms with Gasteiger partial charge < -0.3 is 9.47 Å². The summed E-state index contributed by atoms with van der Waals surface area (Å²) < 4.78 is 38.6. The molecule has 7 heteroatoms. The zero-order chi connectivity index (χ0) is 18.4. The molecule has 0 bridgehead atoms. The summed E-state index contributed by atoms with van der Waals surface area (Å²) in [5, 5.41) is 0. The van der Waals surface area contributed by atoms with Gasteiger partial charge in [0.1, 0.15) is 11.5 Å². The number of anilines is 1. The standard InChI is InChI=1S/C18H21NO5S/c1-4-23-15-8-11-18(24-5-2)17(12-15)19-25(21,22)16-9-6-14(7-10-16)13(3)20/h6-12,19H,4-5H2,1-3H3. The highest BCUT2D eigenvalue weighted by Crippen LogP contribution is 2.31. The minimum absolute atomic E-state index is 0.0572. The summed E-state index contributed by atoms with van der Waals surface area (Å²) in [6, 6.07) is 10.7. The first kappa shape index (κ1) is 18.8. The first-order chi connectivity index (χ1) is 11.9. The lowest BCUT2D eigenvalue weighted by atomic mass is 10.2. The Labute approximate surface area is 147 Å². The molecule has 0 saturated carbocycles. The predicted molar refractivity (Wildman–Crippen MR) is 96.0 cm³/mol. The molecule has 0 spiro atoms. The van der Waals surface area contributed by atoms with Crippen molar-refractivity contribution in [3.63, 3.8) is 0 Å². The van der Waals surface area contributed by atoms with Crippen LogP contribution >= 0.6 is 0 Å². The summed E-state index contributed by atoms with van der Waals surface area (Å²) in [6.07, 6.45) is 0. The van der Waals surface area contributed by atoms with E-state index in [0.717, 1.165) is 0 Å². The van der Waals surface area contributed by atoms with Gasteiger partial charge in [0.15, 0.2) is 5.78 Å². The summed E-state index contributed by atoms with van der Waals surface area (Å²) in [7, 11) is -3.83. The molecule has 0 heterocycles. The van der Waals surface area contributed by atoms with Crippen LogP contribution in [-0.2, 0) is 10.0 Å². The van der Waals surface area contributed by atoms with Gasteiger partial charge in [-0.3, -0.25) is 9.52 Å².